The minimum absolute atomic E-state index is 0.0406. The van der Waals surface area contributed by atoms with Gasteiger partial charge in [-0.3, -0.25) is 10.2 Å². The number of rotatable bonds is 5. The Bertz CT molecular complexity index is 1080. The van der Waals surface area contributed by atoms with E-state index in [1.54, 1.807) is 6.92 Å². The summed E-state index contributed by atoms with van der Waals surface area (Å²) in [5.41, 5.74) is 5.26. The van der Waals surface area contributed by atoms with E-state index in [0.717, 1.165) is 11.1 Å². The van der Waals surface area contributed by atoms with Gasteiger partial charge in [-0.05, 0) is 31.5 Å². The van der Waals surface area contributed by atoms with Crippen molar-refractivity contribution in [3.05, 3.63) is 77.0 Å². The largest absolute Gasteiger partial charge is 0.461 e. The maximum atomic E-state index is 13.6. The smallest absolute Gasteiger partial charge is 0.361 e. The van der Waals surface area contributed by atoms with Crippen LogP contribution in [0.4, 0.5) is 0 Å². The number of ketones is 1. The first kappa shape index (κ1) is 20.2. The summed E-state index contributed by atoms with van der Waals surface area (Å²) in [7, 11) is 0. The van der Waals surface area contributed by atoms with E-state index < -0.39 is 16.8 Å². The summed E-state index contributed by atoms with van der Waals surface area (Å²) in [6.45, 7) is 5.90. The van der Waals surface area contributed by atoms with Gasteiger partial charge >= 0.3 is 5.97 Å². The fourth-order valence-corrected chi connectivity index (χ4v) is 4.78. The average Bonchev–Trinajstić information content (AvgIpc) is 3.16. The van der Waals surface area contributed by atoms with Crippen LogP contribution in [0.25, 0.3) is 0 Å². The lowest BCUT2D eigenvalue weighted by Crippen LogP contribution is -2.53. The SMILES string of the molecule is CCOC(=O)c1nnn2c1S[C@@H](C(=O)c1ccc(C)cc1)[C@](C)(c1ccccc1)N2. The Labute approximate surface area is 178 Å². The van der Waals surface area contributed by atoms with E-state index in [-0.39, 0.29) is 18.1 Å². The highest BCUT2D eigenvalue weighted by Gasteiger charge is 2.47. The highest BCUT2D eigenvalue weighted by molar-refractivity contribution is 8.00. The molecular formula is C22H22N4O3S. The van der Waals surface area contributed by atoms with E-state index in [4.69, 9.17) is 4.74 Å². The number of ether oxygens (including phenoxy) is 1. The number of hydrogen-bond donors (Lipinski definition) is 1. The van der Waals surface area contributed by atoms with Crippen molar-refractivity contribution < 1.29 is 14.3 Å². The molecule has 0 unspecified atom stereocenters. The topological polar surface area (TPSA) is 86.1 Å². The third-order valence-corrected chi connectivity index (χ3v) is 6.65. The molecule has 1 aromatic heterocycles. The number of fused-ring (bicyclic) bond motifs is 1. The number of hydrogen-bond acceptors (Lipinski definition) is 7. The molecule has 3 aromatic rings. The highest BCUT2D eigenvalue weighted by Crippen LogP contribution is 2.43. The molecule has 0 aliphatic carbocycles. The van der Waals surface area contributed by atoms with Crippen molar-refractivity contribution in [2.45, 2.75) is 36.6 Å². The van der Waals surface area contributed by atoms with Crippen molar-refractivity contribution in [3.8, 4) is 0 Å². The molecule has 30 heavy (non-hydrogen) atoms. The van der Waals surface area contributed by atoms with Crippen molar-refractivity contribution in [1.29, 1.82) is 0 Å². The van der Waals surface area contributed by atoms with Crippen LogP contribution in [0.2, 0.25) is 0 Å². The number of esters is 1. The molecule has 0 saturated heterocycles. The van der Waals surface area contributed by atoms with Crippen molar-refractivity contribution in [2.24, 2.45) is 0 Å². The van der Waals surface area contributed by atoms with Gasteiger partial charge in [-0.25, -0.2) is 4.79 Å². The second-order valence-corrected chi connectivity index (χ2v) is 8.38. The molecule has 4 rings (SSSR count). The molecule has 7 nitrogen and oxygen atoms in total. The van der Waals surface area contributed by atoms with Crippen LogP contribution in [0.1, 0.15) is 45.8 Å². The summed E-state index contributed by atoms with van der Waals surface area (Å²) >= 11 is 1.28. The highest BCUT2D eigenvalue weighted by atomic mass is 32.2. The molecule has 1 aliphatic heterocycles. The minimum atomic E-state index is -0.777. The van der Waals surface area contributed by atoms with Gasteiger partial charge in [-0.1, -0.05) is 71.9 Å². The van der Waals surface area contributed by atoms with Crippen molar-refractivity contribution in [2.75, 3.05) is 12.0 Å². The van der Waals surface area contributed by atoms with Gasteiger partial charge < -0.3 is 4.74 Å². The molecule has 1 aliphatic rings. The molecule has 0 radical (unpaired) electrons. The average molecular weight is 423 g/mol. The molecule has 154 valence electrons. The fourth-order valence-electron chi connectivity index (χ4n) is 3.47. The zero-order chi connectivity index (χ0) is 21.3. The first-order valence-corrected chi connectivity index (χ1v) is 10.6. The van der Waals surface area contributed by atoms with Crippen molar-refractivity contribution in [1.82, 2.24) is 15.1 Å². The molecule has 0 amide bonds. The van der Waals surface area contributed by atoms with Crippen molar-refractivity contribution >= 4 is 23.5 Å². The van der Waals surface area contributed by atoms with Crippen LogP contribution in [0.15, 0.2) is 59.6 Å². The number of carbonyl (C=O) groups is 2. The van der Waals surface area contributed by atoms with Crippen LogP contribution >= 0.6 is 11.8 Å². The van der Waals surface area contributed by atoms with Gasteiger partial charge in [-0.2, -0.15) is 4.79 Å². The monoisotopic (exact) mass is 422 g/mol. The number of nitrogens with zero attached hydrogens (tertiary/aromatic N) is 3. The summed E-state index contributed by atoms with van der Waals surface area (Å²) in [4.78, 5) is 27.4. The number of aryl methyl sites for hydroxylation is 1. The van der Waals surface area contributed by atoms with Crippen molar-refractivity contribution in [3.63, 3.8) is 0 Å². The Morgan fingerprint density at radius 3 is 2.53 bits per heavy atom. The number of nitrogens with one attached hydrogen (secondary N) is 1. The lowest BCUT2D eigenvalue weighted by Gasteiger charge is -2.41. The summed E-state index contributed by atoms with van der Waals surface area (Å²) in [6, 6.07) is 17.2. The molecular weight excluding hydrogens is 400 g/mol. The maximum absolute atomic E-state index is 13.6. The van der Waals surface area contributed by atoms with Crippen LogP contribution in [0, 0.1) is 6.92 Å². The number of benzene rings is 2. The van der Waals surface area contributed by atoms with Gasteiger partial charge in [0.1, 0.15) is 5.25 Å². The Hall–Kier alpha value is -3.13. The third-order valence-electron chi connectivity index (χ3n) is 5.14. The quantitative estimate of drug-likeness (QED) is 0.497. The predicted molar refractivity (Wildman–Crippen MR) is 114 cm³/mol. The van der Waals surface area contributed by atoms with Gasteiger partial charge in [0.2, 0.25) is 5.69 Å². The minimum Gasteiger partial charge on any atom is -0.461 e. The summed E-state index contributed by atoms with van der Waals surface area (Å²) in [5, 5.41) is 7.99. The molecule has 2 atom stereocenters. The van der Waals surface area contributed by atoms with Crippen LogP contribution in [-0.4, -0.2) is 38.7 Å². The van der Waals surface area contributed by atoms with E-state index in [1.165, 1.54) is 16.6 Å². The zero-order valence-electron chi connectivity index (χ0n) is 17.0. The van der Waals surface area contributed by atoms with Gasteiger partial charge in [0.25, 0.3) is 0 Å². The third kappa shape index (κ3) is 3.47. The van der Waals surface area contributed by atoms with Crippen LogP contribution in [0.3, 0.4) is 0 Å². The van der Waals surface area contributed by atoms with E-state index in [1.807, 2.05) is 68.4 Å². The number of carbonyl (C=O) groups excluding carboxylic acids is 2. The second-order valence-electron chi connectivity index (χ2n) is 7.28. The Morgan fingerprint density at radius 2 is 1.87 bits per heavy atom. The molecule has 0 saturated carbocycles. The summed E-state index contributed by atoms with van der Waals surface area (Å²) in [5.74, 6) is -0.598. The predicted octanol–water partition coefficient (Wildman–Crippen LogP) is 3.58. The molecule has 0 bridgehead atoms. The maximum Gasteiger partial charge on any atom is 0.361 e. The molecule has 2 aromatic carbocycles. The Morgan fingerprint density at radius 1 is 1.17 bits per heavy atom. The lowest BCUT2D eigenvalue weighted by molar-refractivity contribution is 0.0514. The number of thioether (sulfide) groups is 1. The van der Waals surface area contributed by atoms with Gasteiger partial charge in [0, 0.05) is 5.56 Å². The van der Waals surface area contributed by atoms with Gasteiger partial charge in [0.15, 0.2) is 10.8 Å². The van der Waals surface area contributed by atoms with Crippen LogP contribution < -0.4 is 5.43 Å². The van der Waals surface area contributed by atoms with Crippen LogP contribution in [-0.2, 0) is 10.3 Å². The van der Waals surface area contributed by atoms with Gasteiger partial charge in [-0.15, -0.1) is 5.10 Å². The number of Topliss-reactive ketones (excluding diaryl/α,β-unsaturated/α-hetero) is 1. The molecule has 0 spiro atoms. The summed E-state index contributed by atoms with van der Waals surface area (Å²) in [6.07, 6.45) is 0. The Kier molecular flexibility index (Phi) is 5.34. The first-order valence-electron chi connectivity index (χ1n) is 9.68. The molecule has 8 heteroatoms. The van der Waals surface area contributed by atoms with Crippen LogP contribution in [0.5, 0.6) is 0 Å². The lowest BCUT2D eigenvalue weighted by atomic mass is 9.85. The second kappa shape index (κ2) is 7.95. The molecule has 2 heterocycles. The van der Waals surface area contributed by atoms with E-state index >= 15 is 0 Å². The number of aromatic nitrogens is 3. The summed E-state index contributed by atoms with van der Waals surface area (Å²) < 4.78 is 5.10. The zero-order valence-corrected chi connectivity index (χ0v) is 17.8. The first-order chi connectivity index (χ1) is 14.4. The molecule has 1 N–H and O–H groups in total. The van der Waals surface area contributed by atoms with E-state index in [9.17, 15) is 9.59 Å². The van der Waals surface area contributed by atoms with E-state index in [2.05, 4.69) is 15.7 Å². The molecule has 0 fully saturated rings. The fraction of sp³-hybridized carbons (Fsp3) is 0.273. The van der Waals surface area contributed by atoms with E-state index in [0.29, 0.717) is 10.6 Å². The normalized spacial score (nSPS) is 20.2. The Balaban J connectivity index is 1.80. The van der Waals surface area contributed by atoms with Gasteiger partial charge in [0.05, 0.1) is 12.1 Å². The standard InChI is InChI=1S/C22H22N4O3S/c1-4-29-21(28)17-20-26(25-23-17)24-22(3,16-8-6-5-7-9-16)19(30-20)18(27)15-12-10-14(2)11-13-15/h5-13,19,24H,4H2,1-3H3/t19-,22-/m0/s1.